The number of nitrogens with one attached hydrogen (secondary N) is 2. The van der Waals surface area contributed by atoms with Gasteiger partial charge in [0.15, 0.2) is 0 Å². The number of pyridine rings is 1. The van der Waals surface area contributed by atoms with E-state index in [9.17, 15) is 0 Å². The predicted octanol–water partition coefficient (Wildman–Crippen LogP) is 5.34. The fourth-order valence-electron chi connectivity index (χ4n) is 4.42. The van der Waals surface area contributed by atoms with E-state index in [1.165, 1.54) is 36.9 Å². The molecule has 3 heterocycles. The molecule has 0 amide bonds. The van der Waals surface area contributed by atoms with Crippen LogP contribution in [0.3, 0.4) is 0 Å². The molecule has 1 aliphatic heterocycles. The van der Waals surface area contributed by atoms with Gasteiger partial charge in [0.2, 0.25) is 0 Å². The zero-order chi connectivity index (χ0) is 21.9. The average Bonchev–Trinajstić information content (AvgIpc) is 3.50. The third-order valence-electron chi connectivity index (χ3n) is 6.28. The summed E-state index contributed by atoms with van der Waals surface area (Å²) < 4.78 is 5.96. The molecular formula is C26H29N5O. The lowest BCUT2D eigenvalue weighted by molar-refractivity contribution is 0.238. The Balaban J connectivity index is 1.35. The van der Waals surface area contributed by atoms with Crippen molar-refractivity contribution in [3.05, 3.63) is 66.6 Å². The van der Waals surface area contributed by atoms with Gasteiger partial charge in [0, 0.05) is 41.1 Å². The highest BCUT2D eigenvalue weighted by Crippen LogP contribution is 2.36. The molecule has 6 nitrogen and oxygen atoms in total. The van der Waals surface area contributed by atoms with Crippen molar-refractivity contribution in [3.63, 3.8) is 0 Å². The molecule has 5 rings (SSSR count). The molecule has 164 valence electrons. The smallest absolute Gasteiger partial charge is 0.119 e. The first-order chi connectivity index (χ1) is 15.7. The highest BCUT2D eigenvalue weighted by Gasteiger charge is 2.13. The van der Waals surface area contributed by atoms with Gasteiger partial charge in [-0.2, -0.15) is 0 Å². The molecule has 0 atom stereocenters. The van der Waals surface area contributed by atoms with Crippen LogP contribution in [0.1, 0.15) is 18.4 Å². The highest BCUT2D eigenvalue weighted by atomic mass is 16.5. The number of aromatic amines is 1. The van der Waals surface area contributed by atoms with Crippen LogP contribution >= 0.6 is 0 Å². The van der Waals surface area contributed by atoms with Gasteiger partial charge >= 0.3 is 0 Å². The SMILES string of the molecule is Cc1c(Nc2c(N)cncc2-c2ccc(OCCN3CCCC3)cc2)ccc2[nH]ccc12. The molecule has 1 fully saturated rings. The number of likely N-dealkylation sites (tertiary alicyclic amines) is 1. The van der Waals surface area contributed by atoms with Crippen LogP contribution in [0, 0.1) is 6.92 Å². The lowest BCUT2D eigenvalue weighted by Gasteiger charge is -2.17. The lowest BCUT2D eigenvalue weighted by Crippen LogP contribution is -2.25. The molecule has 2 aromatic heterocycles. The number of nitrogens with zero attached hydrogens (tertiary/aromatic N) is 2. The van der Waals surface area contributed by atoms with E-state index in [-0.39, 0.29) is 0 Å². The van der Waals surface area contributed by atoms with Crippen molar-refractivity contribution in [2.45, 2.75) is 19.8 Å². The molecule has 4 aromatic rings. The van der Waals surface area contributed by atoms with Gasteiger partial charge < -0.3 is 20.8 Å². The maximum atomic E-state index is 6.34. The van der Waals surface area contributed by atoms with E-state index in [1.54, 1.807) is 6.20 Å². The summed E-state index contributed by atoms with van der Waals surface area (Å²) in [7, 11) is 0. The van der Waals surface area contributed by atoms with Gasteiger partial charge in [0.1, 0.15) is 12.4 Å². The Morgan fingerprint density at radius 3 is 2.69 bits per heavy atom. The summed E-state index contributed by atoms with van der Waals surface area (Å²) in [4.78, 5) is 10.1. The van der Waals surface area contributed by atoms with Crippen LogP contribution in [0.4, 0.5) is 17.1 Å². The number of fused-ring (bicyclic) bond motifs is 1. The van der Waals surface area contributed by atoms with E-state index in [1.807, 2.05) is 24.5 Å². The molecule has 0 radical (unpaired) electrons. The van der Waals surface area contributed by atoms with Gasteiger partial charge in [-0.05, 0) is 74.3 Å². The van der Waals surface area contributed by atoms with Crippen molar-refractivity contribution in [1.82, 2.24) is 14.9 Å². The standard InChI is InChI=1S/C26H29N5O/c1-18-21-10-11-29-25(21)9-8-24(18)30-26-22(16-28-17-23(26)27)19-4-6-20(7-5-19)32-15-14-31-12-2-3-13-31/h4-11,16-17,29H,2-3,12-15,27H2,1H3,(H,28,30). The average molecular weight is 428 g/mol. The van der Waals surface area contributed by atoms with Gasteiger partial charge in [-0.15, -0.1) is 0 Å². The number of hydrogen-bond acceptors (Lipinski definition) is 5. The summed E-state index contributed by atoms with van der Waals surface area (Å²) in [5, 5.41) is 4.75. The van der Waals surface area contributed by atoms with Crippen LogP contribution < -0.4 is 15.8 Å². The van der Waals surface area contributed by atoms with Gasteiger partial charge in [-0.1, -0.05) is 12.1 Å². The fourth-order valence-corrected chi connectivity index (χ4v) is 4.42. The molecule has 2 aromatic carbocycles. The molecule has 1 saturated heterocycles. The van der Waals surface area contributed by atoms with Crippen LogP contribution in [0.15, 0.2) is 61.1 Å². The Morgan fingerprint density at radius 1 is 1.06 bits per heavy atom. The topological polar surface area (TPSA) is 79.2 Å². The van der Waals surface area contributed by atoms with Crippen LogP contribution in [0.2, 0.25) is 0 Å². The number of aromatic nitrogens is 2. The first-order valence-electron chi connectivity index (χ1n) is 11.2. The molecule has 0 aliphatic carbocycles. The zero-order valence-electron chi connectivity index (χ0n) is 18.4. The second kappa shape index (κ2) is 8.93. The van der Waals surface area contributed by atoms with E-state index >= 15 is 0 Å². The van der Waals surface area contributed by atoms with Crippen molar-refractivity contribution in [2.24, 2.45) is 0 Å². The number of aryl methyl sites for hydroxylation is 1. The van der Waals surface area contributed by atoms with E-state index in [4.69, 9.17) is 10.5 Å². The molecule has 1 aliphatic rings. The number of H-pyrrole nitrogens is 1. The number of nitrogen functional groups attached to an aromatic ring is 1. The van der Waals surface area contributed by atoms with E-state index in [2.05, 4.69) is 57.4 Å². The van der Waals surface area contributed by atoms with Gasteiger partial charge in [-0.3, -0.25) is 9.88 Å². The van der Waals surface area contributed by atoms with E-state index in [0.29, 0.717) is 12.3 Å². The number of hydrogen-bond donors (Lipinski definition) is 3. The van der Waals surface area contributed by atoms with E-state index < -0.39 is 0 Å². The van der Waals surface area contributed by atoms with Gasteiger partial charge in [0.05, 0.1) is 17.6 Å². The molecular weight excluding hydrogens is 398 g/mol. The number of nitrogens with two attached hydrogens (primary N) is 1. The number of rotatable bonds is 7. The van der Waals surface area contributed by atoms with Gasteiger partial charge in [0.25, 0.3) is 0 Å². The monoisotopic (exact) mass is 427 g/mol. The minimum atomic E-state index is 0.613. The van der Waals surface area contributed by atoms with Crippen LogP contribution in [0.5, 0.6) is 5.75 Å². The molecule has 6 heteroatoms. The number of anilines is 3. The lowest BCUT2D eigenvalue weighted by atomic mass is 10.0. The molecule has 0 unspecified atom stereocenters. The Bertz CT molecular complexity index is 1210. The number of benzene rings is 2. The van der Waals surface area contributed by atoms with Crippen molar-refractivity contribution < 1.29 is 4.74 Å². The number of ether oxygens (including phenoxy) is 1. The maximum Gasteiger partial charge on any atom is 0.119 e. The van der Waals surface area contributed by atoms with E-state index in [0.717, 1.165) is 40.3 Å². The normalized spacial score (nSPS) is 14.2. The van der Waals surface area contributed by atoms with Crippen molar-refractivity contribution in [1.29, 1.82) is 0 Å². The first-order valence-corrected chi connectivity index (χ1v) is 11.2. The minimum absolute atomic E-state index is 0.613. The largest absolute Gasteiger partial charge is 0.492 e. The second-order valence-corrected chi connectivity index (χ2v) is 8.37. The van der Waals surface area contributed by atoms with Crippen molar-refractivity contribution >= 4 is 28.0 Å². The predicted molar refractivity (Wildman–Crippen MR) is 132 cm³/mol. The summed E-state index contributed by atoms with van der Waals surface area (Å²) in [6.45, 7) is 6.20. The Kier molecular flexibility index (Phi) is 5.69. The third-order valence-corrected chi connectivity index (χ3v) is 6.28. The molecule has 4 N–H and O–H groups in total. The van der Waals surface area contributed by atoms with Crippen LogP contribution in [-0.2, 0) is 0 Å². The Hall–Kier alpha value is -3.51. The first kappa shape index (κ1) is 20.4. The van der Waals surface area contributed by atoms with Crippen LogP contribution in [0.25, 0.3) is 22.0 Å². The summed E-state index contributed by atoms with van der Waals surface area (Å²) >= 11 is 0. The molecule has 0 spiro atoms. The van der Waals surface area contributed by atoms with Crippen LogP contribution in [-0.4, -0.2) is 41.1 Å². The summed E-state index contributed by atoms with van der Waals surface area (Å²) in [6.07, 6.45) is 8.11. The highest BCUT2D eigenvalue weighted by molar-refractivity contribution is 5.93. The summed E-state index contributed by atoms with van der Waals surface area (Å²) in [6, 6.07) is 14.4. The minimum Gasteiger partial charge on any atom is -0.492 e. The maximum absolute atomic E-state index is 6.34. The third kappa shape index (κ3) is 4.14. The Labute approximate surface area is 188 Å². The zero-order valence-corrected chi connectivity index (χ0v) is 18.4. The Morgan fingerprint density at radius 2 is 1.88 bits per heavy atom. The summed E-state index contributed by atoms with van der Waals surface area (Å²) in [5.41, 5.74) is 13.1. The quantitative estimate of drug-likeness (QED) is 0.371. The molecule has 32 heavy (non-hydrogen) atoms. The molecule has 0 bridgehead atoms. The second-order valence-electron chi connectivity index (χ2n) is 8.37. The van der Waals surface area contributed by atoms with Gasteiger partial charge in [-0.25, -0.2) is 0 Å². The fraction of sp³-hybridized carbons (Fsp3) is 0.269. The summed E-state index contributed by atoms with van der Waals surface area (Å²) in [5.74, 6) is 0.882. The molecule has 0 saturated carbocycles. The van der Waals surface area contributed by atoms with Crippen molar-refractivity contribution in [3.8, 4) is 16.9 Å². The van der Waals surface area contributed by atoms with Crippen molar-refractivity contribution in [2.75, 3.05) is 37.3 Å².